The molecule has 0 bridgehead atoms. The molecule has 2 fully saturated rings. The van der Waals surface area contributed by atoms with Crippen molar-refractivity contribution in [1.82, 2.24) is 0 Å². The second kappa shape index (κ2) is 2.62. The van der Waals surface area contributed by atoms with Gasteiger partial charge in [-0.25, -0.2) is 0 Å². The maximum absolute atomic E-state index is 2.36. The van der Waals surface area contributed by atoms with Gasteiger partial charge >= 0.3 is 0 Å². The second-order valence-corrected chi connectivity index (χ2v) is 5.25. The van der Waals surface area contributed by atoms with Crippen LogP contribution in [-0.2, 0) is 6.42 Å². The highest BCUT2D eigenvalue weighted by Gasteiger charge is 2.80. The lowest BCUT2D eigenvalue weighted by molar-refractivity contribution is 0.580. The van der Waals surface area contributed by atoms with E-state index in [2.05, 4.69) is 37.3 Å². The van der Waals surface area contributed by atoms with Crippen LogP contribution in [0.25, 0.3) is 0 Å². The molecule has 0 heterocycles. The average molecular weight is 186 g/mol. The fourth-order valence-electron chi connectivity index (χ4n) is 3.25. The zero-order chi connectivity index (χ0) is 9.65. The summed E-state index contributed by atoms with van der Waals surface area (Å²) < 4.78 is 0. The first-order valence-electron chi connectivity index (χ1n) is 5.84. The van der Waals surface area contributed by atoms with Crippen LogP contribution in [0.15, 0.2) is 30.3 Å². The molecule has 0 aromatic heterocycles. The predicted molar refractivity (Wildman–Crippen MR) is 59.2 cm³/mol. The Kier molecular flexibility index (Phi) is 1.60. The number of benzene rings is 1. The first-order valence-corrected chi connectivity index (χ1v) is 5.84. The van der Waals surface area contributed by atoms with Gasteiger partial charge in [0, 0.05) is 0 Å². The van der Waals surface area contributed by atoms with Crippen LogP contribution in [0.4, 0.5) is 0 Å². The van der Waals surface area contributed by atoms with E-state index >= 15 is 0 Å². The summed E-state index contributed by atoms with van der Waals surface area (Å²) in [4.78, 5) is 0. The van der Waals surface area contributed by atoms with Crippen LogP contribution in [-0.4, -0.2) is 0 Å². The molecule has 0 heteroatoms. The lowest BCUT2D eigenvalue weighted by Crippen LogP contribution is -1.91. The Morgan fingerprint density at radius 1 is 1.07 bits per heavy atom. The molecular formula is C14H18. The van der Waals surface area contributed by atoms with Gasteiger partial charge in [-0.2, -0.15) is 0 Å². The zero-order valence-corrected chi connectivity index (χ0v) is 8.92. The molecule has 0 radical (unpaired) electrons. The summed E-state index contributed by atoms with van der Waals surface area (Å²) in [6.07, 6.45) is 7.21. The Balaban J connectivity index is 1.58. The minimum absolute atomic E-state index is 0.817. The highest BCUT2D eigenvalue weighted by molar-refractivity contribution is 5.30. The summed E-state index contributed by atoms with van der Waals surface area (Å²) in [5.41, 5.74) is 3.17. The quantitative estimate of drug-likeness (QED) is 0.670. The molecule has 2 aliphatic rings. The lowest BCUT2D eigenvalue weighted by Gasteiger charge is -2.02. The molecule has 0 atom stereocenters. The third-order valence-corrected chi connectivity index (χ3v) is 4.64. The molecule has 74 valence electrons. The van der Waals surface area contributed by atoms with Crippen molar-refractivity contribution in [2.24, 2.45) is 10.8 Å². The summed E-state index contributed by atoms with van der Waals surface area (Å²) in [5, 5.41) is 0. The van der Waals surface area contributed by atoms with Crippen LogP contribution < -0.4 is 0 Å². The van der Waals surface area contributed by atoms with Crippen molar-refractivity contribution in [3.63, 3.8) is 0 Å². The minimum Gasteiger partial charge on any atom is -0.0648 e. The Labute approximate surface area is 86.3 Å². The number of hydrogen-bond acceptors (Lipinski definition) is 0. The van der Waals surface area contributed by atoms with Gasteiger partial charge in [0.15, 0.2) is 0 Å². The topological polar surface area (TPSA) is 0 Å². The van der Waals surface area contributed by atoms with Crippen LogP contribution in [0.2, 0.25) is 0 Å². The average Bonchev–Trinajstić information content (AvgIpc) is 3.02. The van der Waals surface area contributed by atoms with Crippen LogP contribution >= 0.6 is 0 Å². The molecule has 0 aliphatic heterocycles. The Morgan fingerprint density at radius 3 is 2.36 bits per heavy atom. The molecule has 0 nitrogen and oxygen atoms in total. The number of aryl methyl sites for hydroxylation is 1. The van der Waals surface area contributed by atoms with E-state index in [1.807, 2.05) is 0 Å². The third-order valence-electron chi connectivity index (χ3n) is 4.64. The van der Waals surface area contributed by atoms with Gasteiger partial charge in [-0.1, -0.05) is 37.3 Å². The van der Waals surface area contributed by atoms with Crippen molar-refractivity contribution in [1.29, 1.82) is 0 Å². The highest BCUT2D eigenvalue weighted by Crippen LogP contribution is 2.89. The molecule has 1 aromatic carbocycles. The monoisotopic (exact) mass is 186 g/mol. The molecule has 1 aromatic rings. The summed E-state index contributed by atoms with van der Waals surface area (Å²) in [6, 6.07) is 10.9. The molecule has 0 N–H and O–H groups in total. The van der Waals surface area contributed by atoms with Crippen LogP contribution in [0.5, 0.6) is 0 Å². The maximum Gasteiger partial charge on any atom is -0.0227 e. The van der Waals surface area contributed by atoms with E-state index in [0.29, 0.717) is 0 Å². The molecule has 3 rings (SSSR count). The maximum atomic E-state index is 2.36. The van der Waals surface area contributed by atoms with Crippen molar-refractivity contribution in [3.8, 4) is 0 Å². The first kappa shape index (κ1) is 8.52. The summed E-state index contributed by atoms with van der Waals surface area (Å²) >= 11 is 0. The standard InChI is InChI=1S/C14H18/c1-2-13-10-14(13,11-13)9-8-12-6-4-3-5-7-12/h3-7H,2,8-11H2,1H3. The number of rotatable bonds is 4. The van der Waals surface area contributed by atoms with Crippen molar-refractivity contribution < 1.29 is 0 Å². The normalized spacial score (nSPS) is 37.8. The molecule has 0 spiro atoms. The molecular weight excluding hydrogens is 168 g/mol. The highest BCUT2D eigenvalue weighted by atomic mass is 14.8. The van der Waals surface area contributed by atoms with E-state index in [4.69, 9.17) is 0 Å². The SMILES string of the molecule is CCC12CC1(CCc1ccccc1)C2. The minimum atomic E-state index is 0.817. The largest absolute Gasteiger partial charge is 0.0648 e. The van der Waals surface area contributed by atoms with Crippen molar-refractivity contribution >= 4 is 0 Å². The molecule has 2 aliphatic carbocycles. The van der Waals surface area contributed by atoms with Crippen molar-refractivity contribution in [2.45, 2.75) is 39.0 Å². The van der Waals surface area contributed by atoms with E-state index in [0.717, 1.165) is 10.8 Å². The van der Waals surface area contributed by atoms with Crippen molar-refractivity contribution in [3.05, 3.63) is 35.9 Å². The number of hydrogen-bond donors (Lipinski definition) is 0. The zero-order valence-electron chi connectivity index (χ0n) is 8.92. The fourth-order valence-corrected chi connectivity index (χ4v) is 3.25. The van der Waals surface area contributed by atoms with Gasteiger partial charge in [0.05, 0.1) is 0 Å². The van der Waals surface area contributed by atoms with Gasteiger partial charge in [0.1, 0.15) is 0 Å². The molecule has 2 saturated carbocycles. The second-order valence-electron chi connectivity index (χ2n) is 5.25. The first-order chi connectivity index (χ1) is 6.80. The van der Waals surface area contributed by atoms with E-state index in [1.54, 1.807) is 0 Å². The predicted octanol–water partition coefficient (Wildman–Crippen LogP) is 3.81. The van der Waals surface area contributed by atoms with Gasteiger partial charge in [-0.15, -0.1) is 0 Å². The molecule has 14 heavy (non-hydrogen) atoms. The van der Waals surface area contributed by atoms with Gasteiger partial charge in [0.2, 0.25) is 0 Å². The number of fused-ring (bicyclic) bond motifs is 1. The molecule has 0 saturated heterocycles. The smallest absolute Gasteiger partial charge is 0.0227 e. The van der Waals surface area contributed by atoms with E-state index in [-0.39, 0.29) is 0 Å². The lowest BCUT2D eigenvalue weighted by atomic mass is 10.0. The summed E-state index contributed by atoms with van der Waals surface area (Å²) in [5.74, 6) is 0. The van der Waals surface area contributed by atoms with E-state index in [1.165, 1.54) is 37.7 Å². The summed E-state index contributed by atoms with van der Waals surface area (Å²) in [6.45, 7) is 2.36. The molecule has 0 unspecified atom stereocenters. The van der Waals surface area contributed by atoms with E-state index < -0.39 is 0 Å². The van der Waals surface area contributed by atoms with Crippen LogP contribution in [0.3, 0.4) is 0 Å². The molecule has 0 amide bonds. The fraction of sp³-hybridized carbons (Fsp3) is 0.571. The van der Waals surface area contributed by atoms with Gasteiger partial charge in [-0.05, 0) is 48.5 Å². The third kappa shape index (κ3) is 1.06. The Hall–Kier alpha value is -0.780. The Morgan fingerprint density at radius 2 is 1.79 bits per heavy atom. The van der Waals surface area contributed by atoms with Gasteiger partial charge < -0.3 is 0 Å². The van der Waals surface area contributed by atoms with Crippen LogP contribution in [0.1, 0.15) is 38.2 Å². The van der Waals surface area contributed by atoms with Crippen molar-refractivity contribution in [2.75, 3.05) is 0 Å². The van der Waals surface area contributed by atoms with E-state index in [9.17, 15) is 0 Å². The van der Waals surface area contributed by atoms with Gasteiger partial charge in [0.25, 0.3) is 0 Å². The Bertz CT molecular complexity index is 330. The summed E-state index contributed by atoms with van der Waals surface area (Å²) in [7, 11) is 0. The van der Waals surface area contributed by atoms with Crippen LogP contribution in [0, 0.1) is 10.8 Å². The van der Waals surface area contributed by atoms with Gasteiger partial charge in [-0.3, -0.25) is 0 Å².